The lowest BCUT2D eigenvalue weighted by molar-refractivity contribution is -0.000732. The second-order valence-corrected chi connectivity index (χ2v) is 7.48. The predicted molar refractivity (Wildman–Crippen MR) is 92.8 cm³/mol. The largest absolute Gasteiger partial charge is 0.308 e. The highest BCUT2D eigenvalue weighted by Gasteiger charge is 2.41. The van der Waals surface area contributed by atoms with Gasteiger partial charge in [0.2, 0.25) is 0 Å². The number of rotatable bonds is 6. The van der Waals surface area contributed by atoms with Gasteiger partial charge in [0, 0.05) is 30.7 Å². The Labute approximate surface area is 133 Å². The summed E-state index contributed by atoms with van der Waals surface area (Å²) in [6, 6.07) is 1.58. The van der Waals surface area contributed by atoms with Crippen LogP contribution in [0, 0.1) is 5.92 Å². The smallest absolute Gasteiger partial charge is 0.0304 e. The third-order valence-corrected chi connectivity index (χ3v) is 6.56. The van der Waals surface area contributed by atoms with Gasteiger partial charge in [-0.05, 0) is 44.4 Å². The van der Waals surface area contributed by atoms with Crippen molar-refractivity contribution in [2.45, 2.75) is 103 Å². The van der Waals surface area contributed by atoms with Crippen LogP contribution in [-0.2, 0) is 0 Å². The zero-order chi connectivity index (χ0) is 15.3. The van der Waals surface area contributed by atoms with Crippen molar-refractivity contribution < 1.29 is 0 Å². The Kier molecular flexibility index (Phi) is 6.55. The molecule has 0 amide bonds. The number of hydrogen-bond acceptors (Lipinski definition) is 2. The molecule has 0 aromatic rings. The van der Waals surface area contributed by atoms with Crippen molar-refractivity contribution >= 4 is 0 Å². The second-order valence-electron chi connectivity index (χ2n) is 7.48. The van der Waals surface area contributed by atoms with Gasteiger partial charge in [-0.25, -0.2) is 0 Å². The summed E-state index contributed by atoms with van der Waals surface area (Å²) < 4.78 is 0. The lowest BCUT2D eigenvalue weighted by atomic mass is 9.78. The fraction of sp³-hybridized carbons (Fsp3) is 1.00. The van der Waals surface area contributed by atoms with Crippen LogP contribution in [0.2, 0.25) is 0 Å². The minimum atomic E-state index is 0.369. The van der Waals surface area contributed by atoms with Crippen molar-refractivity contribution in [2.24, 2.45) is 5.92 Å². The van der Waals surface area contributed by atoms with Gasteiger partial charge in [-0.15, -0.1) is 0 Å². The van der Waals surface area contributed by atoms with Gasteiger partial charge in [-0.2, -0.15) is 0 Å². The first-order chi connectivity index (χ1) is 10.2. The molecule has 0 aromatic heterocycles. The van der Waals surface area contributed by atoms with E-state index in [1.165, 1.54) is 70.9 Å². The highest BCUT2D eigenvalue weighted by molar-refractivity contribution is 5.00. The Morgan fingerprint density at radius 3 is 2.14 bits per heavy atom. The van der Waals surface area contributed by atoms with Crippen LogP contribution in [0.25, 0.3) is 0 Å². The van der Waals surface area contributed by atoms with Crippen LogP contribution in [0.3, 0.4) is 0 Å². The van der Waals surface area contributed by atoms with Crippen LogP contribution in [-0.4, -0.2) is 35.6 Å². The molecule has 2 rings (SSSR count). The van der Waals surface area contributed by atoms with Gasteiger partial charge in [-0.1, -0.05) is 47.0 Å². The van der Waals surface area contributed by atoms with E-state index < -0.39 is 0 Å². The summed E-state index contributed by atoms with van der Waals surface area (Å²) in [7, 11) is 0. The van der Waals surface area contributed by atoms with Crippen molar-refractivity contribution in [3.8, 4) is 0 Å². The molecule has 0 spiro atoms. The van der Waals surface area contributed by atoms with Crippen LogP contribution in [0.4, 0.5) is 0 Å². The van der Waals surface area contributed by atoms with Crippen LogP contribution in [0.15, 0.2) is 0 Å². The molecule has 1 saturated heterocycles. The van der Waals surface area contributed by atoms with Crippen molar-refractivity contribution in [1.29, 1.82) is 0 Å². The molecule has 0 radical (unpaired) electrons. The fourth-order valence-electron chi connectivity index (χ4n) is 4.80. The topological polar surface area (TPSA) is 15.3 Å². The molecule has 1 aliphatic carbocycles. The van der Waals surface area contributed by atoms with E-state index in [0.29, 0.717) is 5.54 Å². The molecule has 1 atom stereocenters. The maximum Gasteiger partial charge on any atom is 0.0304 e. The Morgan fingerprint density at radius 2 is 1.62 bits per heavy atom. The molecule has 124 valence electrons. The molecule has 2 nitrogen and oxygen atoms in total. The van der Waals surface area contributed by atoms with E-state index in [2.05, 4.69) is 37.9 Å². The summed E-state index contributed by atoms with van der Waals surface area (Å²) in [5.74, 6) is 0.943. The molecular weight excluding hydrogens is 256 g/mol. The summed E-state index contributed by atoms with van der Waals surface area (Å²) >= 11 is 0. The molecule has 1 heterocycles. The normalized spacial score (nSPS) is 28.1. The summed E-state index contributed by atoms with van der Waals surface area (Å²) in [6.45, 7) is 12.0. The molecular formula is C19H38N2. The molecule has 0 aromatic carbocycles. The van der Waals surface area contributed by atoms with Crippen molar-refractivity contribution in [3.05, 3.63) is 0 Å². The summed E-state index contributed by atoms with van der Waals surface area (Å²) in [6.07, 6.45) is 12.5. The number of nitrogens with zero attached hydrogens (tertiary/aromatic N) is 1. The summed E-state index contributed by atoms with van der Waals surface area (Å²) in [5.41, 5.74) is 0.369. The standard InChI is InChI=1S/C19H38N2/c1-5-17(6-2)21-15-19(7-3,8-4)20-14-18(21)16-12-10-9-11-13-16/h16-18,20H,5-15H2,1-4H3. The minimum Gasteiger partial charge on any atom is -0.308 e. The van der Waals surface area contributed by atoms with E-state index in [0.717, 1.165) is 18.0 Å². The van der Waals surface area contributed by atoms with Crippen molar-refractivity contribution in [1.82, 2.24) is 10.2 Å². The molecule has 0 bridgehead atoms. The molecule has 21 heavy (non-hydrogen) atoms. The van der Waals surface area contributed by atoms with Gasteiger partial charge in [0.25, 0.3) is 0 Å². The molecule has 2 aliphatic rings. The summed E-state index contributed by atoms with van der Waals surface area (Å²) in [5, 5.41) is 3.97. The Bertz CT molecular complexity index is 288. The first-order valence-corrected chi connectivity index (χ1v) is 9.70. The van der Waals surface area contributed by atoms with Crippen LogP contribution < -0.4 is 5.32 Å². The van der Waals surface area contributed by atoms with Crippen LogP contribution >= 0.6 is 0 Å². The molecule has 1 N–H and O–H groups in total. The number of hydrogen-bond donors (Lipinski definition) is 1. The van der Waals surface area contributed by atoms with Crippen LogP contribution in [0.1, 0.15) is 85.5 Å². The maximum absolute atomic E-state index is 3.97. The van der Waals surface area contributed by atoms with Gasteiger partial charge in [0.1, 0.15) is 0 Å². The van der Waals surface area contributed by atoms with E-state index in [4.69, 9.17) is 0 Å². The number of piperazine rings is 1. The zero-order valence-electron chi connectivity index (χ0n) is 15.0. The third kappa shape index (κ3) is 3.82. The van der Waals surface area contributed by atoms with E-state index >= 15 is 0 Å². The van der Waals surface area contributed by atoms with E-state index in [9.17, 15) is 0 Å². The van der Waals surface area contributed by atoms with E-state index in [1.54, 1.807) is 0 Å². The Morgan fingerprint density at radius 1 is 1.00 bits per heavy atom. The molecule has 1 saturated carbocycles. The molecule has 1 unspecified atom stereocenters. The average Bonchev–Trinajstić information content (AvgIpc) is 2.56. The van der Waals surface area contributed by atoms with Crippen molar-refractivity contribution in [3.63, 3.8) is 0 Å². The zero-order valence-corrected chi connectivity index (χ0v) is 15.0. The monoisotopic (exact) mass is 294 g/mol. The molecule has 2 heteroatoms. The van der Waals surface area contributed by atoms with E-state index in [1.807, 2.05) is 0 Å². The number of nitrogens with one attached hydrogen (secondary N) is 1. The van der Waals surface area contributed by atoms with Gasteiger partial charge < -0.3 is 5.32 Å². The van der Waals surface area contributed by atoms with Crippen molar-refractivity contribution in [2.75, 3.05) is 13.1 Å². The quantitative estimate of drug-likeness (QED) is 0.771. The molecule has 1 aliphatic heterocycles. The van der Waals surface area contributed by atoms with E-state index in [-0.39, 0.29) is 0 Å². The lowest BCUT2D eigenvalue weighted by Crippen LogP contribution is -2.67. The highest BCUT2D eigenvalue weighted by atomic mass is 15.3. The Balaban J connectivity index is 2.14. The third-order valence-electron chi connectivity index (χ3n) is 6.56. The maximum atomic E-state index is 3.97. The Hall–Kier alpha value is -0.0800. The van der Waals surface area contributed by atoms with Gasteiger partial charge in [-0.3, -0.25) is 4.90 Å². The summed E-state index contributed by atoms with van der Waals surface area (Å²) in [4.78, 5) is 2.93. The van der Waals surface area contributed by atoms with Gasteiger partial charge >= 0.3 is 0 Å². The van der Waals surface area contributed by atoms with Gasteiger partial charge in [0.05, 0.1) is 0 Å². The highest BCUT2D eigenvalue weighted by Crippen LogP contribution is 2.35. The minimum absolute atomic E-state index is 0.369. The lowest BCUT2D eigenvalue weighted by Gasteiger charge is -2.53. The SMILES string of the molecule is CCC(CC)N1CC(CC)(CC)NCC1C1CCCCC1. The van der Waals surface area contributed by atoms with Gasteiger partial charge in [0.15, 0.2) is 0 Å². The first kappa shape index (κ1) is 17.3. The fourth-order valence-corrected chi connectivity index (χ4v) is 4.80. The van der Waals surface area contributed by atoms with Crippen LogP contribution in [0.5, 0.6) is 0 Å². The first-order valence-electron chi connectivity index (χ1n) is 9.70. The second kappa shape index (κ2) is 7.97. The predicted octanol–water partition coefficient (Wildman–Crippen LogP) is 4.59. The molecule has 2 fully saturated rings. The average molecular weight is 295 g/mol.